The SMILES string of the molecule is CC(CCCC(=O)O)NS(=O)(=O)N1CCCCC1. The van der Waals surface area contributed by atoms with Crippen LogP contribution >= 0.6 is 0 Å². The Kier molecular flexibility index (Phi) is 6.04. The predicted molar refractivity (Wildman–Crippen MR) is 68.4 cm³/mol. The topological polar surface area (TPSA) is 86.7 Å². The van der Waals surface area contributed by atoms with Crippen molar-refractivity contribution in [3.63, 3.8) is 0 Å². The molecule has 1 aliphatic heterocycles. The molecule has 0 radical (unpaired) electrons. The first-order valence-electron chi connectivity index (χ1n) is 6.41. The Hall–Kier alpha value is -0.660. The lowest BCUT2D eigenvalue weighted by Gasteiger charge is -2.27. The van der Waals surface area contributed by atoms with Crippen LogP contribution < -0.4 is 4.72 Å². The van der Waals surface area contributed by atoms with Gasteiger partial charge in [0.1, 0.15) is 0 Å². The van der Waals surface area contributed by atoms with Gasteiger partial charge in [0.25, 0.3) is 10.2 Å². The Morgan fingerprint density at radius 3 is 2.50 bits per heavy atom. The number of piperidine rings is 1. The van der Waals surface area contributed by atoms with Crippen molar-refractivity contribution in [1.82, 2.24) is 9.03 Å². The van der Waals surface area contributed by atoms with Gasteiger partial charge in [-0.25, -0.2) is 0 Å². The third-order valence-electron chi connectivity index (χ3n) is 3.03. The van der Waals surface area contributed by atoms with E-state index in [1.807, 2.05) is 0 Å². The van der Waals surface area contributed by atoms with Gasteiger partial charge in [-0.15, -0.1) is 0 Å². The maximum atomic E-state index is 12.0. The van der Waals surface area contributed by atoms with Gasteiger partial charge in [0, 0.05) is 25.6 Å². The van der Waals surface area contributed by atoms with Crippen molar-refractivity contribution in [1.29, 1.82) is 0 Å². The summed E-state index contributed by atoms with van der Waals surface area (Å²) in [5, 5.41) is 8.52. The van der Waals surface area contributed by atoms with Crippen molar-refractivity contribution in [3.8, 4) is 0 Å². The van der Waals surface area contributed by atoms with E-state index in [2.05, 4.69) is 4.72 Å². The monoisotopic (exact) mass is 278 g/mol. The van der Waals surface area contributed by atoms with Gasteiger partial charge < -0.3 is 5.11 Å². The number of rotatable bonds is 7. The molecule has 1 fully saturated rings. The zero-order valence-corrected chi connectivity index (χ0v) is 11.6. The lowest BCUT2D eigenvalue weighted by atomic mass is 10.1. The highest BCUT2D eigenvalue weighted by Gasteiger charge is 2.24. The second-order valence-electron chi connectivity index (χ2n) is 4.77. The zero-order valence-electron chi connectivity index (χ0n) is 10.8. The molecule has 2 N–H and O–H groups in total. The number of hydrogen-bond acceptors (Lipinski definition) is 3. The molecule has 0 amide bonds. The lowest BCUT2D eigenvalue weighted by molar-refractivity contribution is -0.137. The van der Waals surface area contributed by atoms with Gasteiger partial charge in [-0.1, -0.05) is 6.42 Å². The number of nitrogens with zero attached hydrogens (tertiary/aromatic N) is 1. The molecule has 106 valence electrons. The summed E-state index contributed by atoms with van der Waals surface area (Å²) in [5.74, 6) is -0.846. The van der Waals surface area contributed by atoms with Crippen molar-refractivity contribution in [3.05, 3.63) is 0 Å². The molecule has 0 aliphatic carbocycles. The van der Waals surface area contributed by atoms with Crippen molar-refractivity contribution in [2.75, 3.05) is 13.1 Å². The summed E-state index contributed by atoms with van der Waals surface area (Å²) >= 11 is 0. The quantitative estimate of drug-likeness (QED) is 0.726. The molecule has 0 bridgehead atoms. The van der Waals surface area contributed by atoms with Crippen molar-refractivity contribution >= 4 is 16.2 Å². The summed E-state index contributed by atoms with van der Waals surface area (Å²) in [7, 11) is -3.40. The summed E-state index contributed by atoms with van der Waals surface area (Å²) in [6.07, 6.45) is 4.01. The summed E-state index contributed by atoms with van der Waals surface area (Å²) in [6.45, 7) is 2.93. The van der Waals surface area contributed by atoms with Crippen LogP contribution in [0.1, 0.15) is 45.4 Å². The van der Waals surface area contributed by atoms with Crippen LogP contribution in [0.2, 0.25) is 0 Å². The standard InChI is InChI=1S/C11H22N2O4S/c1-10(6-5-7-11(14)15)12-18(16,17)13-8-3-2-4-9-13/h10,12H,2-9H2,1H3,(H,14,15). The fourth-order valence-electron chi connectivity index (χ4n) is 2.05. The van der Waals surface area contributed by atoms with Crippen LogP contribution in [0.5, 0.6) is 0 Å². The maximum Gasteiger partial charge on any atom is 0.303 e. The molecule has 1 unspecified atom stereocenters. The van der Waals surface area contributed by atoms with Crippen LogP contribution in [0.25, 0.3) is 0 Å². The predicted octanol–water partition coefficient (Wildman–Crippen LogP) is 0.950. The lowest BCUT2D eigenvalue weighted by Crippen LogP contribution is -2.46. The Balaban J connectivity index is 2.36. The number of carboxylic acids is 1. The fourth-order valence-corrected chi connectivity index (χ4v) is 3.57. The minimum Gasteiger partial charge on any atom is -0.481 e. The largest absolute Gasteiger partial charge is 0.481 e. The van der Waals surface area contributed by atoms with Crippen molar-refractivity contribution in [2.24, 2.45) is 0 Å². The van der Waals surface area contributed by atoms with E-state index < -0.39 is 16.2 Å². The molecular formula is C11H22N2O4S. The molecule has 0 aromatic rings. The van der Waals surface area contributed by atoms with Crippen LogP contribution in [0, 0.1) is 0 Å². The molecule has 1 saturated heterocycles. The highest BCUT2D eigenvalue weighted by atomic mass is 32.2. The van der Waals surface area contributed by atoms with Crippen molar-refractivity contribution < 1.29 is 18.3 Å². The van der Waals surface area contributed by atoms with Crippen LogP contribution in [-0.2, 0) is 15.0 Å². The highest BCUT2D eigenvalue weighted by Crippen LogP contribution is 2.13. The molecule has 0 saturated carbocycles. The Morgan fingerprint density at radius 1 is 1.33 bits per heavy atom. The molecule has 1 atom stereocenters. The second kappa shape index (κ2) is 7.06. The van der Waals surface area contributed by atoms with E-state index in [4.69, 9.17) is 5.11 Å². The summed E-state index contributed by atoms with van der Waals surface area (Å²) < 4.78 is 28.1. The summed E-state index contributed by atoms with van der Waals surface area (Å²) in [4.78, 5) is 10.4. The van der Waals surface area contributed by atoms with Crippen LogP contribution in [0.15, 0.2) is 0 Å². The number of aliphatic carboxylic acids is 1. The van der Waals surface area contributed by atoms with Gasteiger partial charge in [0.2, 0.25) is 0 Å². The second-order valence-corrected chi connectivity index (χ2v) is 6.47. The van der Waals surface area contributed by atoms with E-state index in [1.54, 1.807) is 6.92 Å². The van der Waals surface area contributed by atoms with E-state index in [0.29, 0.717) is 25.9 Å². The first kappa shape index (κ1) is 15.4. The van der Waals surface area contributed by atoms with Crippen LogP contribution in [0.3, 0.4) is 0 Å². The average molecular weight is 278 g/mol. The van der Waals surface area contributed by atoms with Gasteiger partial charge in [0.15, 0.2) is 0 Å². The molecule has 1 heterocycles. The normalized spacial score (nSPS) is 19.6. The number of nitrogens with one attached hydrogen (secondary N) is 1. The first-order chi connectivity index (χ1) is 8.42. The summed E-state index contributed by atoms with van der Waals surface area (Å²) in [6, 6.07) is -0.226. The minimum absolute atomic E-state index is 0.0791. The molecule has 0 spiro atoms. The number of hydrogen-bond donors (Lipinski definition) is 2. The third kappa shape index (κ3) is 5.32. The average Bonchev–Trinajstić information content (AvgIpc) is 2.29. The number of carbonyl (C=O) groups is 1. The van der Waals surface area contributed by atoms with Gasteiger partial charge in [-0.3, -0.25) is 4.79 Å². The fraction of sp³-hybridized carbons (Fsp3) is 0.909. The first-order valence-corrected chi connectivity index (χ1v) is 7.85. The zero-order chi connectivity index (χ0) is 13.6. The molecule has 1 rings (SSSR count). The Bertz CT molecular complexity index is 363. The van der Waals surface area contributed by atoms with Crippen LogP contribution in [-0.4, -0.2) is 42.9 Å². The third-order valence-corrected chi connectivity index (χ3v) is 4.78. The van der Waals surface area contributed by atoms with Gasteiger partial charge in [-0.05, 0) is 32.6 Å². The van der Waals surface area contributed by atoms with Gasteiger partial charge >= 0.3 is 5.97 Å². The molecular weight excluding hydrogens is 256 g/mol. The van der Waals surface area contributed by atoms with Gasteiger partial charge in [0.05, 0.1) is 0 Å². The summed E-state index contributed by atoms with van der Waals surface area (Å²) in [5.41, 5.74) is 0. The van der Waals surface area contributed by atoms with Crippen molar-refractivity contribution in [2.45, 2.75) is 51.5 Å². The van der Waals surface area contributed by atoms with Gasteiger partial charge in [-0.2, -0.15) is 17.4 Å². The smallest absolute Gasteiger partial charge is 0.303 e. The molecule has 0 aromatic heterocycles. The minimum atomic E-state index is -3.40. The molecule has 7 heteroatoms. The Morgan fingerprint density at radius 2 is 1.94 bits per heavy atom. The molecule has 18 heavy (non-hydrogen) atoms. The molecule has 1 aliphatic rings. The maximum absolute atomic E-state index is 12.0. The molecule has 6 nitrogen and oxygen atoms in total. The molecule has 0 aromatic carbocycles. The van der Waals surface area contributed by atoms with E-state index in [9.17, 15) is 13.2 Å². The van der Waals surface area contributed by atoms with E-state index in [0.717, 1.165) is 19.3 Å². The Labute approximate surface area is 109 Å². The highest BCUT2D eigenvalue weighted by molar-refractivity contribution is 7.87. The van der Waals surface area contributed by atoms with E-state index >= 15 is 0 Å². The van der Waals surface area contributed by atoms with E-state index in [1.165, 1.54) is 4.31 Å². The van der Waals surface area contributed by atoms with Crippen LogP contribution in [0.4, 0.5) is 0 Å². The number of carboxylic acid groups (broad SMARTS) is 1. The van der Waals surface area contributed by atoms with E-state index in [-0.39, 0.29) is 12.5 Å².